The third kappa shape index (κ3) is 3.41. The number of hydrogen-bond donors (Lipinski definition) is 2. The third-order valence-electron chi connectivity index (χ3n) is 4.07. The van der Waals surface area contributed by atoms with Crippen molar-refractivity contribution in [3.63, 3.8) is 0 Å². The predicted molar refractivity (Wildman–Crippen MR) is 94.2 cm³/mol. The van der Waals surface area contributed by atoms with Crippen LogP contribution in [-0.4, -0.2) is 47.5 Å². The number of primary amides is 1. The highest BCUT2D eigenvalue weighted by atomic mass is 16.5. The Bertz CT molecular complexity index is 920. The lowest BCUT2D eigenvalue weighted by atomic mass is 9.95. The van der Waals surface area contributed by atoms with Gasteiger partial charge in [-0.3, -0.25) is 4.79 Å². The zero-order chi connectivity index (χ0) is 19.6. The maximum atomic E-state index is 12.4. The fourth-order valence-electron chi connectivity index (χ4n) is 2.90. The first kappa shape index (κ1) is 18.2. The van der Waals surface area contributed by atoms with Gasteiger partial charge in [0.25, 0.3) is 5.91 Å². The Kier molecular flexibility index (Phi) is 4.97. The molecule has 1 unspecified atom stereocenters. The molecule has 0 bridgehead atoms. The van der Waals surface area contributed by atoms with Crippen molar-refractivity contribution in [3.05, 3.63) is 41.4 Å². The number of hydrogen-bond acceptors (Lipinski definition) is 8. The van der Waals surface area contributed by atoms with Gasteiger partial charge in [-0.15, -0.1) is 0 Å². The molecule has 10 nitrogen and oxygen atoms in total. The molecule has 10 heteroatoms. The normalized spacial score (nSPS) is 15.6. The van der Waals surface area contributed by atoms with E-state index in [1.165, 1.54) is 20.5 Å². The average Bonchev–Trinajstić information content (AvgIpc) is 3.12. The fourth-order valence-corrected chi connectivity index (χ4v) is 2.90. The van der Waals surface area contributed by atoms with Crippen molar-refractivity contribution in [1.82, 2.24) is 14.8 Å². The smallest absolute Gasteiger partial charge is 0.338 e. The van der Waals surface area contributed by atoms with Crippen LogP contribution in [0.2, 0.25) is 0 Å². The van der Waals surface area contributed by atoms with Crippen LogP contribution in [0.25, 0.3) is 0 Å². The van der Waals surface area contributed by atoms with Crippen LogP contribution in [0, 0.1) is 0 Å². The molecule has 1 aliphatic heterocycles. The number of nitrogens with two attached hydrogens (primary N) is 1. The van der Waals surface area contributed by atoms with Crippen molar-refractivity contribution in [2.75, 3.05) is 26.1 Å². The molecule has 3 rings (SSSR count). The second kappa shape index (κ2) is 7.36. The first-order chi connectivity index (χ1) is 13.0. The molecule has 27 heavy (non-hydrogen) atoms. The van der Waals surface area contributed by atoms with Gasteiger partial charge in [0.2, 0.25) is 5.95 Å². The third-order valence-corrected chi connectivity index (χ3v) is 4.07. The first-order valence-corrected chi connectivity index (χ1v) is 8.01. The van der Waals surface area contributed by atoms with Crippen LogP contribution < -0.4 is 20.5 Å². The Hall–Kier alpha value is -3.56. The van der Waals surface area contributed by atoms with Crippen LogP contribution in [0.15, 0.2) is 35.8 Å². The van der Waals surface area contributed by atoms with E-state index in [0.29, 0.717) is 34.3 Å². The highest BCUT2D eigenvalue weighted by Crippen LogP contribution is 2.38. The van der Waals surface area contributed by atoms with Gasteiger partial charge in [0, 0.05) is 5.70 Å². The van der Waals surface area contributed by atoms with Gasteiger partial charge in [-0.1, -0.05) is 6.07 Å². The number of fused-ring (bicyclic) bond motifs is 1. The molecular formula is C17H19N5O5. The Morgan fingerprint density at radius 3 is 2.74 bits per heavy atom. The van der Waals surface area contributed by atoms with Gasteiger partial charge in [-0.05, 0) is 24.6 Å². The number of amides is 1. The van der Waals surface area contributed by atoms with Crippen LogP contribution in [0.3, 0.4) is 0 Å². The van der Waals surface area contributed by atoms with Crippen LogP contribution in [0.5, 0.6) is 11.5 Å². The first-order valence-electron chi connectivity index (χ1n) is 8.01. The molecule has 1 aromatic carbocycles. The van der Waals surface area contributed by atoms with Gasteiger partial charge in [-0.2, -0.15) is 10.1 Å². The van der Waals surface area contributed by atoms with Gasteiger partial charge in [0.15, 0.2) is 18.1 Å². The monoisotopic (exact) mass is 373 g/mol. The zero-order valence-electron chi connectivity index (χ0n) is 15.1. The second-order valence-corrected chi connectivity index (χ2v) is 5.75. The Labute approximate surface area is 154 Å². The number of anilines is 1. The Morgan fingerprint density at radius 2 is 2.07 bits per heavy atom. The number of carbonyl (C=O) groups excluding carboxylic acids is 2. The summed E-state index contributed by atoms with van der Waals surface area (Å²) in [6.07, 6.45) is 1.39. The van der Waals surface area contributed by atoms with Crippen molar-refractivity contribution in [2.24, 2.45) is 5.73 Å². The number of benzene rings is 1. The SMILES string of the molecule is COC(=O)C1=C(C)Nc2ncnn2C1c1ccc(OCC(N)=O)c(OC)c1. The average molecular weight is 373 g/mol. The molecule has 0 saturated carbocycles. The maximum absolute atomic E-state index is 12.4. The molecule has 2 aromatic rings. The summed E-state index contributed by atoms with van der Waals surface area (Å²) in [4.78, 5) is 27.5. The lowest BCUT2D eigenvalue weighted by Gasteiger charge is -2.28. The number of rotatable bonds is 6. The molecule has 2 heterocycles. The number of carbonyl (C=O) groups is 2. The van der Waals surface area contributed by atoms with E-state index in [4.69, 9.17) is 19.9 Å². The van der Waals surface area contributed by atoms with E-state index in [0.717, 1.165) is 0 Å². The molecular weight excluding hydrogens is 354 g/mol. The molecule has 3 N–H and O–H groups in total. The lowest BCUT2D eigenvalue weighted by molar-refractivity contribution is -0.136. The van der Waals surface area contributed by atoms with Gasteiger partial charge < -0.3 is 25.3 Å². The molecule has 0 fully saturated rings. The van der Waals surface area contributed by atoms with Crippen LogP contribution in [0.1, 0.15) is 18.5 Å². The number of allylic oxidation sites excluding steroid dienone is 1. The van der Waals surface area contributed by atoms with Crippen molar-refractivity contribution < 1.29 is 23.8 Å². The minimum Gasteiger partial charge on any atom is -0.493 e. The zero-order valence-corrected chi connectivity index (χ0v) is 15.1. The van der Waals surface area contributed by atoms with E-state index in [-0.39, 0.29) is 6.61 Å². The van der Waals surface area contributed by atoms with Crippen LogP contribution >= 0.6 is 0 Å². The van der Waals surface area contributed by atoms with Crippen molar-refractivity contribution in [1.29, 1.82) is 0 Å². The van der Waals surface area contributed by atoms with Gasteiger partial charge in [-0.25, -0.2) is 9.48 Å². The molecule has 1 aliphatic rings. The summed E-state index contributed by atoms with van der Waals surface area (Å²) in [5.41, 5.74) is 6.82. The fraction of sp³-hybridized carbons (Fsp3) is 0.294. The number of nitrogens with zero attached hydrogens (tertiary/aromatic N) is 3. The highest BCUT2D eigenvalue weighted by molar-refractivity contribution is 5.92. The van der Waals surface area contributed by atoms with Gasteiger partial charge >= 0.3 is 5.97 Å². The molecule has 1 aromatic heterocycles. The summed E-state index contributed by atoms with van der Waals surface area (Å²) in [5.74, 6) is 0.152. The van der Waals surface area contributed by atoms with E-state index >= 15 is 0 Å². The Balaban J connectivity index is 2.07. The highest BCUT2D eigenvalue weighted by Gasteiger charge is 2.34. The summed E-state index contributed by atoms with van der Waals surface area (Å²) < 4.78 is 17.2. The summed E-state index contributed by atoms with van der Waals surface area (Å²) in [5, 5.41) is 7.26. The van der Waals surface area contributed by atoms with Gasteiger partial charge in [0.05, 0.1) is 19.8 Å². The van der Waals surface area contributed by atoms with E-state index in [1.807, 2.05) is 0 Å². The van der Waals surface area contributed by atoms with Crippen molar-refractivity contribution >= 4 is 17.8 Å². The largest absolute Gasteiger partial charge is 0.493 e. The second-order valence-electron chi connectivity index (χ2n) is 5.75. The van der Waals surface area contributed by atoms with Crippen LogP contribution in [0.4, 0.5) is 5.95 Å². The van der Waals surface area contributed by atoms with Crippen LogP contribution in [-0.2, 0) is 14.3 Å². The molecule has 0 spiro atoms. The topological polar surface area (TPSA) is 131 Å². The number of methoxy groups -OCH3 is 2. The number of ether oxygens (including phenoxy) is 3. The molecule has 142 valence electrons. The van der Waals surface area contributed by atoms with E-state index in [2.05, 4.69) is 15.4 Å². The molecule has 0 saturated heterocycles. The Morgan fingerprint density at radius 1 is 1.30 bits per heavy atom. The van der Waals surface area contributed by atoms with E-state index < -0.39 is 17.9 Å². The molecule has 0 radical (unpaired) electrons. The van der Waals surface area contributed by atoms with E-state index in [9.17, 15) is 9.59 Å². The van der Waals surface area contributed by atoms with Gasteiger partial charge in [0.1, 0.15) is 12.4 Å². The van der Waals surface area contributed by atoms with E-state index in [1.54, 1.807) is 29.8 Å². The lowest BCUT2D eigenvalue weighted by Crippen LogP contribution is -2.29. The number of nitrogens with one attached hydrogen (secondary N) is 1. The summed E-state index contributed by atoms with van der Waals surface area (Å²) in [6.45, 7) is 1.49. The summed E-state index contributed by atoms with van der Waals surface area (Å²) in [7, 11) is 2.79. The summed E-state index contributed by atoms with van der Waals surface area (Å²) >= 11 is 0. The minimum atomic E-state index is -0.599. The predicted octanol–water partition coefficient (Wildman–Crippen LogP) is 0.613. The summed E-state index contributed by atoms with van der Waals surface area (Å²) in [6, 6.07) is 4.51. The van der Waals surface area contributed by atoms with Crippen molar-refractivity contribution in [2.45, 2.75) is 13.0 Å². The quantitative estimate of drug-likeness (QED) is 0.705. The van der Waals surface area contributed by atoms with Crippen molar-refractivity contribution in [3.8, 4) is 11.5 Å². The standard InChI is InChI=1S/C17H19N5O5/c1-9-14(16(24)26-3)15(22-17(21-9)19-8-20-22)10-4-5-11(12(6-10)25-2)27-7-13(18)23/h4-6,8,15H,7H2,1-3H3,(H2,18,23)(H,19,20,21). The number of esters is 1. The number of aromatic nitrogens is 3. The minimum absolute atomic E-state index is 0.275. The molecule has 0 aliphatic carbocycles. The maximum Gasteiger partial charge on any atom is 0.338 e. The molecule has 1 amide bonds. The molecule has 1 atom stereocenters.